The molecule has 2 amide bonds. The van der Waals surface area contributed by atoms with Crippen molar-refractivity contribution >= 4 is 40.7 Å². The molecule has 5 rings (SSSR count). The van der Waals surface area contributed by atoms with Crippen molar-refractivity contribution in [3.8, 4) is 5.00 Å². The summed E-state index contributed by atoms with van der Waals surface area (Å²) in [6, 6.07) is 16.0. The molecule has 0 unspecified atom stereocenters. The topological polar surface area (TPSA) is 87.5 Å². The molecule has 4 aromatic rings. The number of nitrogens with zero attached hydrogens (tertiary/aromatic N) is 2. The predicted octanol–water partition coefficient (Wildman–Crippen LogP) is 6.77. The lowest BCUT2D eigenvalue weighted by Crippen LogP contribution is -2.25. The molecule has 0 atom stereocenters. The molecule has 2 aromatic carbocycles. The second-order valence-electron chi connectivity index (χ2n) is 10.8. The smallest absolute Gasteiger partial charge is 0.259 e. The highest BCUT2D eigenvalue weighted by molar-refractivity contribution is 7.15. The number of anilines is 2. The molecule has 2 aromatic heterocycles. The zero-order chi connectivity index (χ0) is 29.1. The molecule has 0 aliphatic heterocycles. The Hall–Kier alpha value is -4.17. The van der Waals surface area contributed by atoms with Gasteiger partial charge in [0, 0.05) is 33.2 Å². The summed E-state index contributed by atoms with van der Waals surface area (Å²) in [5.74, 6) is -0.302. The van der Waals surface area contributed by atoms with E-state index >= 15 is 0 Å². The number of carbonyl (C=O) groups excluding carboxylic acids is 2. The Balaban J connectivity index is 1.35. The molecule has 41 heavy (non-hydrogen) atoms. The number of hydrogen-bond donors (Lipinski definition) is 3. The second-order valence-corrected chi connectivity index (χ2v) is 11.9. The number of fused-ring (bicyclic) bond motifs is 1. The van der Waals surface area contributed by atoms with Crippen molar-refractivity contribution < 1.29 is 9.59 Å². The van der Waals surface area contributed by atoms with Crippen LogP contribution in [0.2, 0.25) is 0 Å². The highest BCUT2D eigenvalue weighted by Crippen LogP contribution is 2.39. The van der Waals surface area contributed by atoms with E-state index in [-0.39, 0.29) is 18.4 Å². The van der Waals surface area contributed by atoms with Crippen LogP contribution in [0, 0.1) is 34.6 Å². The van der Waals surface area contributed by atoms with E-state index in [2.05, 4.69) is 32.7 Å². The molecule has 7 nitrogen and oxygen atoms in total. The number of aryl methyl sites for hydroxylation is 5. The van der Waals surface area contributed by atoms with Crippen molar-refractivity contribution in [2.24, 2.45) is 5.10 Å². The lowest BCUT2D eigenvalue weighted by Gasteiger charge is -2.14. The molecular weight excluding hydrogens is 530 g/mol. The van der Waals surface area contributed by atoms with Gasteiger partial charge in [-0.05, 0) is 107 Å². The van der Waals surface area contributed by atoms with Crippen LogP contribution in [0.25, 0.3) is 5.00 Å². The van der Waals surface area contributed by atoms with Crippen LogP contribution in [-0.4, -0.2) is 29.1 Å². The summed E-state index contributed by atoms with van der Waals surface area (Å²) in [5, 5.41) is 11.4. The first-order chi connectivity index (χ1) is 19.7. The molecule has 0 fully saturated rings. The lowest BCUT2D eigenvalue weighted by atomic mass is 9.95. The van der Waals surface area contributed by atoms with Gasteiger partial charge < -0.3 is 15.2 Å². The summed E-state index contributed by atoms with van der Waals surface area (Å²) < 4.78 is 2.15. The third-order valence-corrected chi connectivity index (χ3v) is 8.99. The number of nitrogens with one attached hydrogen (secondary N) is 3. The number of carbonyl (C=O) groups is 2. The Labute approximate surface area is 245 Å². The van der Waals surface area contributed by atoms with Crippen LogP contribution in [0.1, 0.15) is 67.3 Å². The van der Waals surface area contributed by atoms with Crippen LogP contribution in [0.15, 0.2) is 53.6 Å². The number of benzene rings is 2. The van der Waals surface area contributed by atoms with Gasteiger partial charge in [0.2, 0.25) is 0 Å². The number of amides is 2. The van der Waals surface area contributed by atoms with E-state index in [0.29, 0.717) is 0 Å². The van der Waals surface area contributed by atoms with Crippen molar-refractivity contribution in [3.05, 3.63) is 98.2 Å². The quantitative estimate of drug-likeness (QED) is 0.162. The molecule has 212 valence electrons. The van der Waals surface area contributed by atoms with Crippen LogP contribution < -0.4 is 16.1 Å². The molecule has 2 heterocycles. The third-order valence-electron chi connectivity index (χ3n) is 7.72. The first-order valence-corrected chi connectivity index (χ1v) is 14.9. The number of hydrazone groups is 1. The molecule has 1 aliphatic carbocycles. The molecule has 3 N–H and O–H groups in total. The molecule has 0 saturated carbocycles. The summed E-state index contributed by atoms with van der Waals surface area (Å²) >= 11 is 1.71. The lowest BCUT2D eigenvalue weighted by molar-refractivity contribution is -0.119. The maximum Gasteiger partial charge on any atom is 0.259 e. The van der Waals surface area contributed by atoms with Crippen LogP contribution in [0.4, 0.5) is 11.4 Å². The summed E-state index contributed by atoms with van der Waals surface area (Å²) in [6.07, 6.45) is 5.82. The van der Waals surface area contributed by atoms with Gasteiger partial charge in [-0.3, -0.25) is 9.59 Å². The highest BCUT2D eigenvalue weighted by Gasteiger charge is 2.28. The molecule has 0 bridgehead atoms. The predicted molar refractivity (Wildman–Crippen MR) is 169 cm³/mol. The average Bonchev–Trinajstić information content (AvgIpc) is 3.46. The van der Waals surface area contributed by atoms with Gasteiger partial charge in [0.05, 0.1) is 18.3 Å². The van der Waals surface area contributed by atoms with Crippen LogP contribution in [-0.2, 0) is 17.6 Å². The minimum atomic E-state index is -0.228. The van der Waals surface area contributed by atoms with Crippen molar-refractivity contribution in [1.29, 1.82) is 0 Å². The number of aromatic nitrogens is 1. The minimum Gasteiger partial charge on any atom is -0.376 e. The Morgan fingerprint density at radius 1 is 0.927 bits per heavy atom. The fraction of sp³-hybridized carbons (Fsp3) is 0.303. The van der Waals surface area contributed by atoms with Gasteiger partial charge in [0.15, 0.2) is 0 Å². The van der Waals surface area contributed by atoms with E-state index in [1.807, 2.05) is 76.2 Å². The van der Waals surface area contributed by atoms with E-state index in [1.165, 1.54) is 21.6 Å². The van der Waals surface area contributed by atoms with Gasteiger partial charge >= 0.3 is 0 Å². The molecule has 0 spiro atoms. The minimum absolute atomic E-state index is 0.0745. The summed E-state index contributed by atoms with van der Waals surface area (Å²) in [4.78, 5) is 27.4. The van der Waals surface area contributed by atoms with E-state index in [0.717, 1.165) is 70.1 Å². The third kappa shape index (κ3) is 6.28. The van der Waals surface area contributed by atoms with E-state index < -0.39 is 0 Å². The van der Waals surface area contributed by atoms with Crippen LogP contribution in [0.3, 0.4) is 0 Å². The van der Waals surface area contributed by atoms with Crippen molar-refractivity contribution in [1.82, 2.24) is 9.99 Å². The van der Waals surface area contributed by atoms with Gasteiger partial charge in [-0.2, -0.15) is 5.10 Å². The molecule has 1 aliphatic rings. The van der Waals surface area contributed by atoms with Crippen LogP contribution >= 0.6 is 11.3 Å². The van der Waals surface area contributed by atoms with Gasteiger partial charge in [-0.25, -0.2) is 5.43 Å². The van der Waals surface area contributed by atoms with E-state index in [9.17, 15) is 9.59 Å². The maximum absolute atomic E-state index is 13.7. The summed E-state index contributed by atoms with van der Waals surface area (Å²) in [5.41, 5.74) is 12.7. The fourth-order valence-electron chi connectivity index (χ4n) is 5.25. The summed E-state index contributed by atoms with van der Waals surface area (Å²) in [6.45, 7) is 10.3. The fourth-order valence-corrected chi connectivity index (χ4v) is 6.75. The van der Waals surface area contributed by atoms with Gasteiger partial charge in [-0.15, -0.1) is 11.3 Å². The molecule has 0 saturated heterocycles. The zero-order valence-corrected chi connectivity index (χ0v) is 25.2. The van der Waals surface area contributed by atoms with Crippen molar-refractivity contribution in [2.45, 2.75) is 60.3 Å². The standard InChI is InChI=1S/C33H37N5O2S/c1-20-10-13-26(14-11-20)36-32(40)31-28-8-6-7-9-29(28)41-33(31)38-23(4)17-25(24(38)5)18-35-37-30(39)19-34-27-15-12-21(2)22(3)16-27/h10-18,34H,6-9,19H2,1-5H3,(H,36,40)(H,37,39)/b35-18-. The summed E-state index contributed by atoms with van der Waals surface area (Å²) in [7, 11) is 0. The Morgan fingerprint density at radius 2 is 1.66 bits per heavy atom. The number of thiophene rings is 1. The Morgan fingerprint density at radius 3 is 2.41 bits per heavy atom. The first kappa shape index (κ1) is 28.4. The van der Waals surface area contributed by atoms with E-state index in [4.69, 9.17) is 0 Å². The second kappa shape index (κ2) is 12.1. The Kier molecular flexibility index (Phi) is 8.40. The van der Waals surface area contributed by atoms with E-state index in [1.54, 1.807) is 17.6 Å². The molecular formula is C33H37N5O2S. The van der Waals surface area contributed by atoms with Gasteiger partial charge in [0.1, 0.15) is 5.00 Å². The van der Waals surface area contributed by atoms with Gasteiger partial charge in [-0.1, -0.05) is 23.8 Å². The first-order valence-electron chi connectivity index (χ1n) is 14.1. The van der Waals surface area contributed by atoms with Crippen molar-refractivity contribution in [2.75, 3.05) is 17.2 Å². The number of rotatable bonds is 8. The largest absolute Gasteiger partial charge is 0.376 e. The average molecular weight is 568 g/mol. The molecule has 0 radical (unpaired) electrons. The number of hydrogen-bond acceptors (Lipinski definition) is 5. The highest BCUT2D eigenvalue weighted by atomic mass is 32.1. The van der Waals surface area contributed by atoms with Gasteiger partial charge in [0.25, 0.3) is 11.8 Å². The Bertz CT molecular complexity index is 1630. The maximum atomic E-state index is 13.7. The molecule has 8 heteroatoms. The SMILES string of the molecule is Cc1ccc(NC(=O)c2c(-n3c(C)cc(/C=N\NC(=O)CNc4ccc(C)c(C)c4)c3C)sc3c2CCCC3)cc1. The normalized spacial score (nSPS) is 12.8. The van der Waals surface area contributed by atoms with Crippen LogP contribution in [0.5, 0.6) is 0 Å². The van der Waals surface area contributed by atoms with Crippen molar-refractivity contribution in [3.63, 3.8) is 0 Å². The zero-order valence-electron chi connectivity index (χ0n) is 24.4. The monoisotopic (exact) mass is 567 g/mol.